The van der Waals surface area contributed by atoms with E-state index in [2.05, 4.69) is 10.6 Å². The number of halogens is 3. The monoisotopic (exact) mass is 370 g/mol. The second-order valence-corrected chi connectivity index (χ2v) is 7.65. The highest BCUT2D eigenvalue weighted by atomic mass is 35.6. The molecule has 6 heteroatoms. The maximum Gasteiger partial charge on any atom is 0.253 e. The largest absolute Gasteiger partial charge is 0.362 e. The molecule has 0 bridgehead atoms. The smallest absolute Gasteiger partial charge is 0.253 e. The van der Waals surface area contributed by atoms with E-state index in [0.717, 1.165) is 16.8 Å². The van der Waals surface area contributed by atoms with Crippen LogP contribution in [0.4, 0.5) is 5.69 Å². The van der Waals surface area contributed by atoms with Gasteiger partial charge in [0.1, 0.15) is 6.17 Å². The van der Waals surface area contributed by atoms with Gasteiger partial charge in [0.15, 0.2) is 0 Å². The summed E-state index contributed by atoms with van der Waals surface area (Å²) in [6, 6.07) is 14.8. The van der Waals surface area contributed by atoms with Crippen molar-refractivity contribution in [1.82, 2.24) is 5.32 Å². The van der Waals surface area contributed by atoms with Crippen LogP contribution in [0.1, 0.15) is 21.5 Å². The fourth-order valence-electron chi connectivity index (χ4n) is 2.14. The Morgan fingerprint density at radius 2 is 1.74 bits per heavy atom. The van der Waals surface area contributed by atoms with Crippen LogP contribution in [0.3, 0.4) is 0 Å². The van der Waals surface area contributed by atoms with Crippen LogP contribution in [0.2, 0.25) is 0 Å². The molecule has 2 aromatic carbocycles. The Morgan fingerprint density at radius 3 is 2.35 bits per heavy atom. The fourth-order valence-corrected chi connectivity index (χ4v) is 2.47. The molecule has 0 aliphatic rings. The van der Waals surface area contributed by atoms with E-state index in [9.17, 15) is 4.79 Å². The van der Waals surface area contributed by atoms with Crippen molar-refractivity contribution in [3.63, 3.8) is 0 Å². The maximum absolute atomic E-state index is 12.5. The minimum absolute atomic E-state index is 0.306. The standard InChI is InChI=1S/C17H17Cl3N2O/c1-11-6-5-8-13(10-11)21-16(17(18,19)20)22-15(23)14-9-4-3-7-12(14)2/h3-10,16,21H,1-2H3,(H,22,23). The van der Waals surface area contributed by atoms with Gasteiger partial charge in [0.25, 0.3) is 5.91 Å². The van der Waals surface area contributed by atoms with E-state index in [4.69, 9.17) is 34.8 Å². The summed E-state index contributed by atoms with van der Waals surface area (Å²) < 4.78 is -1.71. The van der Waals surface area contributed by atoms with Gasteiger partial charge >= 0.3 is 0 Å². The van der Waals surface area contributed by atoms with Crippen molar-refractivity contribution in [2.75, 3.05) is 5.32 Å². The third-order valence-corrected chi connectivity index (χ3v) is 3.98. The zero-order chi connectivity index (χ0) is 17.0. The van der Waals surface area contributed by atoms with E-state index in [1.165, 1.54) is 0 Å². The van der Waals surface area contributed by atoms with Crippen LogP contribution < -0.4 is 10.6 Å². The molecule has 0 aromatic heterocycles. The summed E-state index contributed by atoms with van der Waals surface area (Å²) in [5.41, 5.74) is 3.20. The van der Waals surface area contributed by atoms with Crippen molar-refractivity contribution in [3.05, 3.63) is 65.2 Å². The van der Waals surface area contributed by atoms with E-state index in [1.807, 2.05) is 50.2 Å². The normalized spacial score (nSPS) is 12.6. The van der Waals surface area contributed by atoms with Gasteiger partial charge in [0.2, 0.25) is 3.79 Å². The van der Waals surface area contributed by atoms with Gasteiger partial charge in [-0.15, -0.1) is 0 Å². The van der Waals surface area contributed by atoms with Gasteiger partial charge in [-0.2, -0.15) is 0 Å². The minimum Gasteiger partial charge on any atom is -0.362 e. The lowest BCUT2D eigenvalue weighted by Crippen LogP contribution is -2.49. The van der Waals surface area contributed by atoms with E-state index in [1.54, 1.807) is 12.1 Å². The van der Waals surface area contributed by atoms with Crippen molar-refractivity contribution < 1.29 is 4.79 Å². The average molecular weight is 372 g/mol. The molecule has 0 spiro atoms. The van der Waals surface area contributed by atoms with Crippen LogP contribution in [-0.2, 0) is 0 Å². The number of aryl methyl sites for hydroxylation is 2. The Bertz CT molecular complexity index is 698. The van der Waals surface area contributed by atoms with Crippen LogP contribution >= 0.6 is 34.8 Å². The minimum atomic E-state index is -1.71. The van der Waals surface area contributed by atoms with Gasteiger partial charge < -0.3 is 10.6 Å². The molecule has 0 aliphatic heterocycles. The van der Waals surface area contributed by atoms with Crippen molar-refractivity contribution >= 4 is 46.4 Å². The summed E-state index contributed by atoms with van der Waals surface area (Å²) in [5.74, 6) is -0.306. The number of rotatable bonds is 4. The van der Waals surface area contributed by atoms with E-state index >= 15 is 0 Å². The Labute approximate surface area is 150 Å². The lowest BCUT2D eigenvalue weighted by atomic mass is 10.1. The molecule has 2 rings (SSSR count). The number of nitrogens with one attached hydrogen (secondary N) is 2. The van der Waals surface area contributed by atoms with Crippen LogP contribution in [0.15, 0.2) is 48.5 Å². The Kier molecular flexibility index (Phi) is 5.79. The molecular formula is C17H17Cl3N2O. The molecule has 0 radical (unpaired) electrons. The molecule has 23 heavy (non-hydrogen) atoms. The molecule has 2 N–H and O–H groups in total. The lowest BCUT2D eigenvalue weighted by molar-refractivity contribution is 0.0941. The highest BCUT2D eigenvalue weighted by Gasteiger charge is 2.34. The van der Waals surface area contributed by atoms with Gasteiger partial charge in [-0.25, -0.2) is 0 Å². The van der Waals surface area contributed by atoms with Gasteiger partial charge in [-0.3, -0.25) is 4.79 Å². The predicted molar refractivity (Wildman–Crippen MR) is 97.5 cm³/mol. The number of anilines is 1. The average Bonchev–Trinajstić information content (AvgIpc) is 2.46. The molecule has 0 fully saturated rings. The molecule has 1 atom stereocenters. The number of benzene rings is 2. The van der Waals surface area contributed by atoms with E-state index < -0.39 is 9.96 Å². The quantitative estimate of drug-likeness (QED) is 0.596. The first-order valence-electron chi connectivity index (χ1n) is 7.04. The Balaban J connectivity index is 2.20. The van der Waals surface area contributed by atoms with Crippen molar-refractivity contribution in [2.24, 2.45) is 0 Å². The number of alkyl halides is 3. The van der Waals surface area contributed by atoms with Crippen molar-refractivity contribution in [3.8, 4) is 0 Å². The highest BCUT2D eigenvalue weighted by Crippen LogP contribution is 2.31. The number of amides is 1. The summed E-state index contributed by atoms with van der Waals surface area (Å²) in [7, 11) is 0. The van der Waals surface area contributed by atoms with Gasteiger partial charge in [0.05, 0.1) is 0 Å². The Hall–Kier alpha value is -1.42. The highest BCUT2D eigenvalue weighted by molar-refractivity contribution is 6.68. The number of carbonyl (C=O) groups is 1. The maximum atomic E-state index is 12.5. The van der Waals surface area contributed by atoms with Gasteiger partial charge in [-0.1, -0.05) is 65.1 Å². The van der Waals surface area contributed by atoms with Gasteiger partial charge in [0, 0.05) is 11.3 Å². The zero-order valence-corrected chi connectivity index (χ0v) is 15.0. The van der Waals surface area contributed by atoms with Crippen molar-refractivity contribution in [1.29, 1.82) is 0 Å². The third-order valence-electron chi connectivity index (χ3n) is 3.32. The number of hydrogen-bond acceptors (Lipinski definition) is 2. The summed E-state index contributed by atoms with van der Waals surface area (Å²) >= 11 is 18.0. The summed E-state index contributed by atoms with van der Waals surface area (Å²) in [6.45, 7) is 3.81. The molecule has 0 aliphatic carbocycles. The number of hydrogen-bond donors (Lipinski definition) is 2. The molecule has 0 saturated carbocycles. The van der Waals surface area contributed by atoms with Gasteiger partial charge in [-0.05, 0) is 43.2 Å². The van der Waals surface area contributed by atoms with Crippen LogP contribution in [0, 0.1) is 13.8 Å². The van der Waals surface area contributed by atoms with E-state index in [0.29, 0.717) is 5.56 Å². The first-order valence-corrected chi connectivity index (χ1v) is 8.17. The molecule has 3 nitrogen and oxygen atoms in total. The van der Waals surface area contributed by atoms with Crippen LogP contribution in [0.25, 0.3) is 0 Å². The molecule has 1 unspecified atom stereocenters. The third kappa shape index (κ3) is 5.03. The molecular weight excluding hydrogens is 355 g/mol. The number of carbonyl (C=O) groups excluding carboxylic acids is 1. The second kappa shape index (κ2) is 7.43. The lowest BCUT2D eigenvalue weighted by Gasteiger charge is -2.27. The second-order valence-electron chi connectivity index (χ2n) is 5.28. The predicted octanol–water partition coefficient (Wildman–Crippen LogP) is 4.84. The van der Waals surface area contributed by atoms with Crippen LogP contribution in [0.5, 0.6) is 0 Å². The summed E-state index contributed by atoms with van der Waals surface area (Å²) in [6.07, 6.45) is -0.874. The van der Waals surface area contributed by atoms with Crippen molar-refractivity contribution in [2.45, 2.75) is 23.8 Å². The summed E-state index contributed by atoms with van der Waals surface area (Å²) in [5, 5.41) is 5.79. The van der Waals surface area contributed by atoms with Crippen LogP contribution in [-0.4, -0.2) is 15.9 Å². The molecule has 1 amide bonds. The molecule has 2 aromatic rings. The molecule has 122 valence electrons. The first-order chi connectivity index (χ1) is 10.8. The first kappa shape index (κ1) is 17.9. The topological polar surface area (TPSA) is 41.1 Å². The van der Waals surface area contributed by atoms with E-state index in [-0.39, 0.29) is 5.91 Å². The fraction of sp³-hybridized carbons (Fsp3) is 0.235. The SMILES string of the molecule is Cc1cccc(NC(NC(=O)c2ccccc2C)C(Cl)(Cl)Cl)c1. The molecule has 0 heterocycles. The molecule has 0 saturated heterocycles. The zero-order valence-electron chi connectivity index (χ0n) is 12.7. The Morgan fingerprint density at radius 1 is 1.04 bits per heavy atom. The summed E-state index contributed by atoms with van der Waals surface area (Å²) in [4.78, 5) is 12.5.